The standard InChI is InChI=1S/C22H23NO2/c24-22(25)10-4-8-19-11-13-20(14-12-19)21-9-5-16-23(21)17-15-18-6-2-1-3-7-18/h1-4,6-7,10-15,17,21H,5,8-9,16H2,(H,24,25)/b10-4+,17-15+/t21-/m0/s1. The number of carbonyl (C=O) groups is 1. The van der Waals surface area contributed by atoms with E-state index in [0.29, 0.717) is 12.5 Å². The number of rotatable bonds is 6. The Bertz CT molecular complexity index is 747. The molecule has 2 aromatic rings. The van der Waals surface area contributed by atoms with Gasteiger partial charge in [-0.25, -0.2) is 4.79 Å². The molecule has 0 aliphatic carbocycles. The summed E-state index contributed by atoms with van der Waals surface area (Å²) in [6.07, 6.45) is 10.3. The first-order valence-electron chi connectivity index (χ1n) is 8.70. The van der Waals surface area contributed by atoms with Gasteiger partial charge in [-0.1, -0.05) is 60.7 Å². The van der Waals surface area contributed by atoms with Crippen LogP contribution in [0.25, 0.3) is 6.08 Å². The average molecular weight is 333 g/mol. The summed E-state index contributed by atoms with van der Waals surface area (Å²) in [6, 6.07) is 19.3. The normalized spacial score (nSPS) is 17.6. The number of benzene rings is 2. The van der Waals surface area contributed by atoms with Crippen molar-refractivity contribution >= 4 is 12.0 Å². The first-order valence-corrected chi connectivity index (χ1v) is 8.70. The molecule has 3 nitrogen and oxygen atoms in total. The Morgan fingerprint density at radius 1 is 1.12 bits per heavy atom. The van der Waals surface area contributed by atoms with E-state index < -0.39 is 5.97 Å². The van der Waals surface area contributed by atoms with Crippen LogP contribution in [0.1, 0.15) is 35.6 Å². The molecule has 0 spiro atoms. The third-order valence-corrected chi connectivity index (χ3v) is 4.53. The van der Waals surface area contributed by atoms with Crippen molar-refractivity contribution in [2.45, 2.75) is 25.3 Å². The van der Waals surface area contributed by atoms with Gasteiger partial charge in [0.05, 0.1) is 6.04 Å². The molecule has 1 N–H and O–H groups in total. The largest absolute Gasteiger partial charge is 0.478 e. The number of hydrogen-bond acceptors (Lipinski definition) is 2. The zero-order valence-electron chi connectivity index (χ0n) is 14.2. The molecule has 128 valence electrons. The average Bonchev–Trinajstić information content (AvgIpc) is 3.10. The van der Waals surface area contributed by atoms with Gasteiger partial charge in [-0.2, -0.15) is 0 Å². The van der Waals surface area contributed by atoms with E-state index in [1.165, 1.54) is 23.6 Å². The number of allylic oxidation sites excluding steroid dienone is 1. The van der Waals surface area contributed by atoms with Crippen molar-refractivity contribution < 1.29 is 9.90 Å². The maximum atomic E-state index is 10.5. The molecule has 0 radical (unpaired) electrons. The summed E-state index contributed by atoms with van der Waals surface area (Å²) in [5.41, 5.74) is 3.67. The summed E-state index contributed by atoms with van der Waals surface area (Å²) in [5.74, 6) is -0.900. The second-order valence-electron chi connectivity index (χ2n) is 6.31. The highest BCUT2D eigenvalue weighted by Gasteiger charge is 2.23. The molecule has 1 atom stereocenters. The molecular formula is C22H23NO2. The Morgan fingerprint density at radius 2 is 1.88 bits per heavy atom. The Kier molecular flexibility index (Phi) is 5.68. The van der Waals surface area contributed by atoms with Crippen molar-refractivity contribution in [1.82, 2.24) is 4.90 Å². The van der Waals surface area contributed by atoms with Gasteiger partial charge in [0, 0.05) is 18.8 Å². The molecule has 25 heavy (non-hydrogen) atoms. The second-order valence-corrected chi connectivity index (χ2v) is 6.31. The summed E-state index contributed by atoms with van der Waals surface area (Å²) in [4.78, 5) is 12.9. The van der Waals surface area contributed by atoms with Crippen LogP contribution in [0.4, 0.5) is 0 Å². The minimum absolute atomic E-state index is 0.420. The number of aliphatic carboxylic acids is 1. The van der Waals surface area contributed by atoms with Gasteiger partial charge in [-0.3, -0.25) is 0 Å². The van der Waals surface area contributed by atoms with Crippen LogP contribution >= 0.6 is 0 Å². The van der Waals surface area contributed by atoms with Crippen molar-refractivity contribution in [3.8, 4) is 0 Å². The summed E-state index contributed by atoms with van der Waals surface area (Å²) >= 11 is 0. The Labute approximate surface area is 148 Å². The number of carboxylic acid groups (broad SMARTS) is 1. The van der Waals surface area contributed by atoms with Gasteiger partial charge >= 0.3 is 5.97 Å². The number of nitrogens with zero attached hydrogens (tertiary/aromatic N) is 1. The Morgan fingerprint density at radius 3 is 2.60 bits per heavy atom. The zero-order chi connectivity index (χ0) is 17.5. The molecule has 1 heterocycles. The summed E-state index contributed by atoms with van der Waals surface area (Å²) < 4.78 is 0. The molecule has 2 aromatic carbocycles. The van der Waals surface area contributed by atoms with Gasteiger partial charge in [0.1, 0.15) is 0 Å². The van der Waals surface area contributed by atoms with Gasteiger partial charge in [0.15, 0.2) is 0 Å². The molecule has 1 fully saturated rings. The molecule has 0 aromatic heterocycles. The van der Waals surface area contributed by atoms with E-state index in [4.69, 9.17) is 5.11 Å². The second kappa shape index (κ2) is 8.34. The van der Waals surface area contributed by atoms with Crippen LogP contribution in [-0.4, -0.2) is 22.5 Å². The molecule has 1 saturated heterocycles. The summed E-state index contributed by atoms with van der Waals surface area (Å²) in [6.45, 7) is 1.08. The SMILES string of the molecule is O=C(O)/C=C/Cc1ccc([C@@H]2CCCN2/C=C/c2ccccc2)cc1. The van der Waals surface area contributed by atoms with Crippen LogP contribution in [0.15, 0.2) is 72.9 Å². The number of carboxylic acids is 1. The molecule has 1 aliphatic heterocycles. The van der Waals surface area contributed by atoms with Crippen LogP contribution in [0.5, 0.6) is 0 Å². The smallest absolute Gasteiger partial charge is 0.327 e. The quantitative estimate of drug-likeness (QED) is 0.781. The van der Waals surface area contributed by atoms with Crippen molar-refractivity contribution in [3.63, 3.8) is 0 Å². The Hall–Kier alpha value is -2.81. The molecule has 0 unspecified atom stereocenters. The number of likely N-dealkylation sites (tertiary alicyclic amines) is 1. The van der Waals surface area contributed by atoms with Crippen molar-refractivity contribution in [3.05, 3.63) is 89.6 Å². The fourth-order valence-corrected chi connectivity index (χ4v) is 3.24. The lowest BCUT2D eigenvalue weighted by Crippen LogP contribution is -2.16. The highest BCUT2D eigenvalue weighted by atomic mass is 16.4. The minimum atomic E-state index is -0.900. The van der Waals surface area contributed by atoms with Gasteiger partial charge in [-0.05, 0) is 42.0 Å². The highest BCUT2D eigenvalue weighted by Crippen LogP contribution is 2.32. The predicted octanol–water partition coefficient (Wildman–Crippen LogP) is 4.68. The van der Waals surface area contributed by atoms with Crippen LogP contribution in [-0.2, 0) is 11.2 Å². The first-order chi connectivity index (χ1) is 12.2. The highest BCUT2D eigenvalue weighted by molar-refractivity contribution is 5.79. The molecule has 3 rings (SSSR count). The number of hydrogen-bond donors (Lipinski definition) is 1. The lowest BCUT2D eigenvalue weighted by atomic mass is 10.0. The van der Waals surface area contributed by atoms with Crippen LogP contribution in [0.3, 0.4) is 0 Å². The molecule has 3 heteroatoms. The van der Waals surface area contributed by atoms with Gasteiger partial charge in [0.2, 0.25) is 0 Å². The van der Waals surface area contributed by atoms with Crippen molar-refractivity contribution in [2.75, 3.05) is 6.54 Å². The summed E-state index contributed by atoms with van der Waals surface area (Å²) in [7, 11) is 0. The predicted molar refractivity (Wildman–Crippen MR) is 101 cm³/mol. The zero-order valence-corrected chi connectivity index (χ0v) is 14.2. The van der Waals surface area contributed by atoms with E-state index in [1.54, 1.807) is 6.08 Å². The van der Waals surface area contributed by atoms with Gasteiger partial charge < -0.3 is 10.0 Å². The van der Waals surface area contributed by atoms with Crippen molar-refractivity contribution in [1.29, 1.82) is 0 Å². The maximum absolute atomic E-state index is 10.5. The van der Waals surface area contributed by atoms with E-state index >= 15 is 0 Å². The maximum Gasteiger partial charge on any atom is 0.327 e. The van der Waals surface area contributed by atoms with E-state index in [9.17, 15) is 4.79 Å². The van der Waals surface area contributed by atoms with E-state index in [1.807, 2.05) is 6.07 Å². The topological polar surface area (TPSA) is 40.5 Å². The summed E-state index contributed by atoms with van der Waals surface area (Å²) in [5, 5.41) is 8.64. The van der Waals surface area contributed by atoms with E-state index in [-0.39, 0.29) is 0 Å². The van der Waals surface area contributed by atoms with E-state index in [0.717, 1.165) is 18.5 Å². The van der Waals surface area contributed by atoms with Gasteiger partial charge in [-0.15, -0.1) is 0 Å². The molecule has 0 saturated carbocycles. The fourth-order valence-electron chi connectivity index (χ4n) is 3.24. The van der Waals surface area contributed by atoms with E-state index in [2.05, 4.69) is 65.7 Å². The third-order valence-electron chi connectivity index (χ3n) is 4.53. The lowest BCUT2D eigenvalue weighted by Gasteiger charge is -2.23. The minimum Gasteiger partial charge on any atom is -0.478 e. The lowest BCUT2D eigenvalue weighted by molar-refractivity contribution is -0.131. The molecule has 0 bridgehead atoms. The van der Waals surface area contributed by atoms with Crippen LogP contribution < -0.4 is 0 Å². The molecule has 1 aliphatic rings. The monoisotopic (exact) mass is 333 g/mol. The third kappa shape index (κ3) is 4.83. The fraction of sp³-hybridized carbons (Fsp3) is 0.227. The molecular weight excluding hydrogens is 310 g/mol. The van der Waals surface area contributed by atoms with Crippen LogP contribution in [0, 0.1) is 0 Å². The Balaban J connectivity index is 1.65. The van der Waals surface area contributed by atoms with Gasteiger partial charge in [0.25, 0.3) is 0 Å². The van der Waals surface area contributed by atoms with Crippen LogP contribution in [0.2, 0.25) is 0 Å². The first kappa shape index (κ1) is 17.0. The molecule has 0 amide bonds. The van der Waals surface area contributed by atoms with Crippen molar-refractivity contribution in [2.24, 2.45) is 0 Å².